The molecule has 0 bridgehead atoms. The number of carbonyl (C=O) groups is 2. The van der Waals surface area contributed by atoms with Gasteiger partial charge in [0, 0.05) is 37.3 Å². The lowest BCUT2D eigenvalue weighted by Gasteiger charge is -2.34. The molecule has 5 nitrogen and oxygen atoms in total. The fourth-order valence-corrected chi connectivity index (χ4v) is 3.93. The van der Waals surface area contributed by atoms with E-state index in [1.165, 1.54) is 5.56 Å². The van der Waals surface area contributed by atoms with E-state index in [0.29, 0.717) is 38.3 Å². The molecular weight excluding hydrogens is 352 g/mol. The van der Waals surface area contributed by atoms with Crippen LogP contribution in [0.5, 0.6) is 5.75 Å². The Labute approximate surface area is 166 Å². The molecule has 0 unspecified atom stereocenters. The number of hydrogen-bond donors (Lipinski definition) is 0. The first-order valence-corrected chi connectivity index (χ1v) is 9.65. The van der Waals surface area contributed by atoms with Crippen LogP contribution in [-0.2, 0) is 0 Å². The van der Waals surface area contributed by atoms with Crippen LogP contribution in [0.3, 0.4) is 0 Å². The number of aryl methyl sites for hydroxylation is 3. The zero-order valence-corrected chi connectivity index (χ0v) is 17.1. The number of ketones is 1. The third kappa shape index (κ3) is 4.42. The predicted octanol–water partition coefficient (Wildman–Crippen LogP) is 3.26. The monoisotopic (exact) mass is 380 g/mol. The van der Waals surface area contributed by atoms with Gasteiger partial charge in [-0.2, -0.15) is 0 Å². The SMILES string of the molecule is COc1ccc(C(=O)N2CCN(CC(=O)c3c(C)cc(C)cc3C)CC2)cc1. The normalized spacial score (nSPS) is 14.8. The van der Waals surface area contributed by atoms with Gasteiger partial charge in [-0.3, -0.25) is 14.5 Å². The highest BCUT2D eigenvalue weighted by Crippen LogP contribution is 2.18. The fraction of sp³-hybridized carbons (Fsp3) is 0.391. The van der Waals surface area contributed by atoms with Crippen LogP contribution in [0.1, 0.15) is 37.4 Å². The predicted molar refractivity (Wildman–Crippen MR) is 110 cm³/mol. The molecule has 0 saturated carbocycles. The molecule has 3 rings (SSSR count). The molecule has 0 radical (unpaired) electrons. The standard InChI is InChI=1S/C23H28N2O3/c1-16-13-17(2)22(18(3)14-16)21(26)15-24-9-11-25(12-10-24)23(27)19-5-7-20(28-4)8-6-19/h5-8,13-14H,9-12,15H2,1-4H3. The zero-order valence-electron chi connectivity index (χ0n) is 17.1. The van der Waals surface area contributed by atoms with Crippen molar-refractivity contribution in [1.82, 2.24) is 9.80 Å². The third-order valence-corrected chi connectivity index (χ3v) is 5.32. The van der Waals surface area contributed by atoms with Gasteiger partial charge in [0.2, 0.25) is 0 Å². The molecule has 5 heteroatoms. The van der Waals surface area contributed by atoms with Crippen LogP contribution >= 0.6 is 0 Å². The van der Waals surface area contributed by atoms with Crippen molar-refractivity contribution in [3.05, 3.63) is 64.2 Å². The van der Waals surface area contributed by atoms with E-state index in [1.807, 2.05) is 25.7 Å². The number of ether oxygens (including phenoxy) is 1. The largest absolute Gasteiger partial charge is 0.497 e. The van der Waals surface area contributed by atoms with Gasteiger partial charge in [-0.05, 0) is 56.2 Å². The Morgan fingerprint density at radius 1 is 0.929 bits per heavy atom. The lowest BCUT2D eigenvalue weighted by Crippen LogP contribution is -2.50. The quantitative estimate of drug-likeness (QED) is 0.747. The van der Waals surface area contributed by atoms with Crippen LogP contribution in [0.15, 0.2) is 36.4 Å². The lowest BCUT2D eigenvalue weighted by atomic mass is 9.96. The fourth-order valence-electron chi connectivity index (χ4n) is 3.93. The summed E-state index contributed by atoms with van der Waals surface area (Å²) in [4.78, 5) is 29.5. The molecule has 2 aromatic carbocycles. The van der Waals surface area contributed by atoms with Gasteiger partial charge < -0.3 is 9.64 Å². The van der Waals surface area contributed by atoms with E-state index >= 15 is 0 Å². The number of hydrogen-bond acceptors (Lipinski definition) is 4. The van der Waals surface area contributed by atoms with Gasteiger partial charge in [-0.1, -0.05) is 17.7 Å². The second kappa shape index (κ2) is 8.57. The first-order chi connectivity index (χ1) is 13.4. The van der Waals surface area contributed by atoms with E-state index in [2.05, 4.69) is 17.0 Å². The Hall–Kier alpha value is -2.66. The molecule has 0 aromatic heterocycles. The maximum atomic E-state index is 12.8. The number of nitrogens with zero attached hydrogens (tertiary/aromatic N) is 2. The van der Waals surface area contributed by atoms with Crippen molar-refractivity contribution in [2.45, 2.75) is 20.8 Å². The summed E-state index contributed by atoms with van der Waals surface area (Å²) in [5, 5.41) is 0. The van der Waals surface area contributed by atoms with Crippen LogP contribution in [0.2, 0.25) is 0 Å². The summed E-state index contributed by atoms with van der Waals surface area (Å²) in [5.41, 5.74) is 4.75. The Bertz CT molecular complexity index is 843. The van der Waals surface area contributed by atoms with Crippen molar-refractivity contribution >= 4 is 11.7 Å². The van der Waals surface area contributed by atoms with E-state index in [4.69, 9.17) is 4.74 Å². The number of methoxy groups -OCH3 is 1. The molecule has 0 spiro atoms. The number of piperazine rings is 1. The summed E-state index contributed by atoms with van der Waals surface area (Å²) in [6.45, 7) is 9.11. The second-order valence-corrected chi connectivity index (χ2v) is 7.49. The number of amides is 1. The van der Waals surface area contributed by atoms with Gasteiger partial charge in [0.15, 0.2) is 5.78 Å². The number of Topliss-reactive ketones (excluding diaryl/α,β-unsaturated/α-hetero) is 1. The van der Waals surface area contributed by atoms with E-state index in [1.54, 1.807) is 31.4 Å². The molecule has 1 aliphatic rings. The second-order valence-electron chi connectivity index (χ2n) is 7.49. The summed E-state index contributed by atoms with van der Waals surface area (Å²) in [6, 6.07) is 11.3. The first kappa shape index (κ1) is 20.1. The minimum absolute atomic E-state index is 0.0267. The molecule has 2 aromatic rings. The van der Waals surface area contributed by atoms with Gasteiger partial charge >= 0.3 is 0 Å². The highest BCUT2D eigenvalue weighted by atomic mass is 16.5. The molecule has 1 saturated heterocycles. The van der Waals surface area contributed by atoms with Crippen molar-refractivity contribution in [2.75, 3.05) is 39.8 Å². The summed E-state index contributed by atoms with van der Waals surface area (Å²) < 4.78 is 5.14. The average molecular weight is 380 g/mol. The highest BCUT2D eigenvalue weighted by Gasteiger charge is 2.24. The maximum Gasteiger partial charge on any atom is 0.253 e. The molecule has 1 heterocycles. The van der Waals surface area contributed by atoms with Crippen molar-refractivity contribution in [1.29, 1.82) is 0 Å². The minimum Gasteiger partial charge on any atom is -0.497 e. The highest BCUT2D eigenvalue weighted by molar-refractivity contribution is 6.00. The average Bonchev–Trinajstić information content (AvgIpc) is 2.67. The zero-order chi connectivity index (χ0) is 20.3. The van der Waals surface area contributed by atoms with Gasteiger partial charge in [0.25, 0.3) is 5.91 Å². The number of benzene rings is 2. The number of rotatable bonds is 5. The van der Waals surface area contributed by atoms with Gasteiger partial charge in [0.05, 0.1) is 13.7 Å². The molecule has 0 N–H and O–H groups in total. The van der Waals surface area contributed by atoms with E-state index in [0.717, 1.165) is 22.4 Å². The summed E-state index contributed by atoms with van der Waals surface area (Å²) >= 11 is 0. The minimum atomic E-state index is 0.0267. The van der Waals surface area contributed by atoms with Crippen molar-refractivity contribution < 1.29 is 14.3 Å². The first-order valence-electron chi connectivity index (χ1n) is 9.65. The summed E-state index contributed by atoms with van der Waals surface area (Å²) in [6.07, 6.45) is 0. The van der Waals surface area contributed by atoms with Crippen molar-refractivity contribution in [3.8, 4) is 5.75 Å². The van der Waals surface area contributed by atoms with E-state index < -0.39 is 0 Å². The molecule has 1 fully saturated rings. The van der Waals surface area contributed by atoms with Gasteiger partial charge in [-0.25, -0.2) is 0 Å². The molecule has 1 amide bonds. The molecule has 0 atom stereocenters. The van der Waals surface area contributed by atoms with Crippen LogP contribution < -0.4 is 4.74 Å². The van der Waals surface area contributed by atoms with Crippen LogP contribution in [0.4, 0.5) is 0 Å². The van der Waals surface area contributed by atoms with Crippen molar-refractivity contribution in [3.63, 3.8) is 0 Å². The molecular formula is C23H28N2O3. The Kier molecular flexibility index (Phi) is 6.15. The van der Waals surface area contributed by atoms with Crippen LogP contribution in [-0.4, -0.2) is 61.3 Å². The van der Waals surface area contributed by atoms with Crippen molar-refractivity contribution in [2.24, 2.45) is 0 Å². The third-order valence-electron chi connectivity index (χ3n) is 5.32. The Morgan fingerprint density at radius 2 is 1.50 bits per heavy atom. The maximum absolute atomic E-state index is 12.8. The van der Waals surface area contributed by atoms with Crippen LogP contribution in [0.25, 0.3) is 0 Å². The smallest absolute Gasteiger partial charge is 0.253 e. The Balaban J connectivity index is 1.58. The molecule has 28 heavy (non-hydrogen) atoms. The summed E-state index contributed by atoms with van der Waals surface area (Å²) in [7, 11) is 1.61. The Morgan fingerprint density at radius 3 is 2.04 bits per heavy atom. The van der Waals surface area contributed by atoms with Gasteiger partial charge in [0.1, 0.15) is 5.75 Å². The lowest BCUT2D eigenvalue weighted by molar-refractivity contribution is 0.0624. The summed E-state index contributed by atoms with van der Waals surface area (Å²) in [5.74, 6) is 0.922. The number of carbonyl (C=O) groups excluding carboxylic acids is 2. The molecule has 0 aliphatic carbocycles. The topological polar surface area (TPSA) is 49.9 Å². The van der Waals surface area contributed by atoms with E-state index in [-0.39, 0.29) is 11.7 Å². The molecule has 148 valence electrons. The van der Waals surface area contributed by atoms with Gasteiger partial charge in [-0.15, -0.1) is 0 Å². The van der Waals surface area contributed by atoms with E-state index in [9.17, 15) is 9.59 Å². The van der Waals surface area contributed by atoms with Crippen LogP contribution in [0, 0.1) is 20.8 Å². The molecule has 1 aliphatic heterocycles.